The Hall–Kier alpha value is -2.21. The third kappa shape index (κ3) is 2.21. The predicted molar refractivity (Wildman–Crippen MR) is 75.6 cm³/mol. The molecule has 2 bridgehead atoms. The van der Waals surface area contributed by atoms with Gasteiger partial charge >= 0.3 is 5.91 Å². The standard InChI is InChI=1S/C15H16N4O2/c20-15(19-7-6-18-5-3-12(19)10-18)14-17-9-13(21-14)11-2-1-4-16-8-11/h1-2,4,8-9,12H,3,5-7,10H2. The molecule has 6 heteroatoms. The average molecular weight is 284 g/mol. The zero-order valence-electron chi connectivity index (χ0n) is 11.6. The number of hydrogen-bond donors (Lipinski definition) is 0. The van der Waals surface area contributed by atoms with Crippen LogP contribution in [0.4, 0.5) is 0 Å². The smallest absolute Gasteiger partial charge is 0.310 e. The zero-order chi connectivity index (χ0) is 14.2. The van der Waals surface area contributed by atoms with Crippen LogP contribution in [0, 0.1) is 0 Å². The van der Waals surface area contributed by atoms with Gasteiger partial charge in [-0.3, -0.25) is 14.7 Å². The van der Waals surface area contributed by atoms with Gasteiger partial charge in [0.2, 0.25) is 0 Å². The summed E-state index contributed by atoms with van der Waals surface area (Å²) in [4.78, 5) is 25.1. The van der Waals surface area contributed by atoms with Gasteiger partial charge < -0.3 is 9.32 Å². The molecule has 2 fully saturated rings. The van der Waals surface area contributed by atoms with Crippen LogP contribution in [0.25, 0.3) is 11.3 Å². The van der Waals surface area contributed by atoms with E-state index in [1.54, 1.807) is 18.6 Å². The van der Waals surface area contributed by atoms with Crippen molar-refractivity contribution in [2.24, 2.45) is 0 Å². The van der Waals surface area contributed by atoms with E-state index in [0.717, 1.165) is 38.2 Å². The normalized spacial score (nSPS) is 24.3. The van der Waals surface area contributed by atoms with Crippen molar-refractivity contribution in [2.75, 3.05) is 26.2 Å². The van der Waals surface area contributed by atoms with Gasteiger partial charge in [0.05, 0.1) is 6.20 Å². The highest BCUT2D eigenvalue weighted by atomic mass is 16.4. The van der Waals surface area contributed by atoms with Crippen molar-refractivity contribution in [3.05, 3.63) is 36.6 Å². The molecule has 4 heterocycles. The second-order valence-corrected chi connectivity index (χ2v) is 5.51. The summed E-state index contributed by atoms with van der Waals surface area (Å²) in [5.41, 5.74) is 0.828. The summed E-state index contributed by atoms with van der Waals surface area (Å²) >= 11 is 0. The van der Waals surface area contributed by atoms with Crippen LogP contribution in [0.15, 0.2) is 35.1 Å². The molecule has 2 saturated heterocycles. The van der Waals surface area contributed by atoms with Crippen LogP contribution in [0.2, 0.25) is 0 Å². The Bertz CT molecular complexity index is 655. The maximum atomic E-state index is 12.6. The first-order valence-corrected chi connectivity index (χ1v) is 7.21. The fraction of sp³-hybridized carbons (Fsp3) is 0.400. The molecule has 6 nitrogen and oxygen atoms in total. The monoisotopic (exact) mass is 284 g/mol. The van der Waals surface area contributed by atoms with Gasteiger partial charge in [0.15, 0.2) is 5.76 Å². The Kier molecular flexibility index (Phi) is 2.96. The maximum Gasteiger partial charge on any atom is 0.310 e. The minimum Gasteiger partial charge on any atom is -0.432 e. The molecule has 2 aromatic rings. The number of rotatable bonds is 2. The fourth-order valence-electron chi connectivity index (χ4n) is 3.11. The number of piperazine rings is 1. The van der Waals surface area contributed by atoms with Crippen LogP contribution >= 0.6 is 0 Å². The molecule has 108 valence electrons. The van der Waals surface area contributed by atoms with E-state index in [9.17, 15) is 4.79 Å². The predicted octanol–water partition coefficient (Wildman–Crippen LogP) is 1.27. The number of fused-ring (bicyclic) bond motifs is 2. The largest absolute Gasteiger partial charge is 0.432 e. The maximum absolute atomic E-state index is 12.6. The van der Waals surface area contributed by atoms with E-state index in [-0.39, 0.29) is 11.8 Å². The van der Waals surface area contributed by atoms with Crippen molar-refractivity contribution >= 4 is 5.91 Å². The lowest BCUT2D eigenvalue weighted by atomic mass is 10.2. The lowest BCUT2D eigenvalue weighted by molar-refractivity contribution is 0.0570. The molecular formula is C15H16N4O2. The molecule has 0 aliphatic carbocycles. The molecule has 1 amide bonds. The van der Waals surface area contributed by atoms with Gasteiger partial charge in [0.25, 0.3) is 5.89 Å². The molecule has 2 aliphatic rings. The van der Waals surface area contributed by atoms with Gasteiger partial charge in [-0.05, 0) is 18.6 Å². The molecule has 2 unspecified atom stereocenters. The van der Waals surface area contributed by atoms with Crippen molar-refractivity contribution in [3.8, 4) is 11.3 Å². The average Bonchev–Trinajstić information content (AvgIpc) is 3.15. The van der Waals surface area contributed by atoms with Crippen LogP contribution < -0.4 is 0 Å². The van der Waals surface area contributed by atoms with E-state index < -0.39 is 0 Å². The number of aromatic nitrogens is 2. The van der Waals surface area contributed by atoms with E-state index in [2.05, 4.69) is 14.9 Å². The molecule has 2 aliphatic heterocycles. The minimum atomic E-state index is -0.100. The number of nitrogens with zero attached hydrogens (tertiary/aromatic N) is 4. The number of oxazole rings is 1. The summed E-state index contributed by atoms with van der Waals surface area (Å²) in [5, 5.41) is 0. The quantitative estimate of drug-likeness (QED) is 0.831. The highest BCUT2D eigenvalue weighted by Gasteiger charge is 2.36. The fourth-order valence-corrected chi connectivity index (χ4v) is 3.11. The van der Waals surface area contributed by atoms with E-state index in [0.29, 0.717) is 11.8 Å². The molecule has 0 spiro atoms. The molecule has 2 atom stereocenters. The lowest BCUT2D eigenvalue weighted by Gasteiger charge is -2.33. The first kappa shape index (κ1) is 12.5. The molecule has 0 aromatic carbocycles. The summed E-state index contributed by atoms with van der Waals surface area (Å²) in [6.45, 7) is 3.76. The van der Waals surface area contributed by atoms with E-state index in [1.165, 1.54) is 0 Å². The third-order valence-corrected chi connectivity index (χ3v) is 4.24. The Balaban J connectivity index is 1.56. The van der Waals surface area contributed by atoms with E-state index in [1.807, 2.05) is 17.0 Å². The number of amides is 1. The molecule has 0 N–H and O–H groups in total. The molecule has 2 aromatic heterocycles. The topological polar surface area (TPSA) is 62.5 Å². The van der Waals surface area contributed by atoms with Crippen LogP contribution in [0.3, 0.4) is 0 Å². The summed E-state index contributed by atoms with van der Waals surface area (Å²) in [7, 11) is 0. The van der Waals surface area contributed by atoms with Crippen molar-refractivity contribution in [1.29, 1.82) is 0 Å². The Morgan fingerprint density at radius 2 is 2.24 bits per heavy atom. The summed E-state index contributed by atoms with van der Waals surface area (Å²) in [6, 6.07) is 4.02. The van der Waals surface area contributed by atoms with Crippen molar-refractivity contribution in [1.82, 2.24) is 19.8 Å². The van der Waals surface area contributed by atoms with Gasteiger partial charge in [0, 0.05) is 50.2 Å². The highest BCUT2D eigenvalue weighted by molar-refractivity contribution is 5.90. The molecule has 21 heavy (non-hydrogen) atoms. The Labute approximate surface area is 122 Å². The van der Waals surface area contributed by atoms with Crippen LogP contribution in [-0.4, -0.2) is 57.9 Å². The van der Waals surface area contributed by atoms with Gasteiger partial charge in [-0.25, -0.2) is 4.98 Å². The van der Waals surface area contributed by atoms with Crippen molar-refractivity contribution in [3.63, 3.8) is 0 Å². The van der Waals surface area contributed by atoms with Gasteiger partial charge in [0.1, 0.15) is 0 Å². The van der Waals surface area contributed by atoms with Crippen molar-refractivity contribution < 1.29 is 9.21 Å². The number of carbonyl (C=O) groups is 1. The zero-order valence-corrected chi connectivity index (χ0v) is 11.6. The number of hydrogen-bond acceptors (Lipinski definition) is 5. The van der Waals surface area contributed by atoms with E-state index >= 15 is 0 Å². The number of pyridine rings is 1. The number of carbonyl (C=O) groups excluding carboxylic acids is 1. The lowest BCUT2D eigenvalue weighted by Crippen LogP contribution is -2.49. The van der Waals surface area contributed by atoms with Crippen molar-refractivity contribution in [2.45, 2.75) is 12.5 Å². The summed E-state index contributed by atoms with van der Waals surface area (Å²) in [5.74, 6) is 0.655. The Morgan fingerprint density at radius 1 is 1.29 bits per heavy atom. The Morgan fingerprint density at radius 3 is 3.10 bits per heavy atom. The molecule has 0 saturated carbocycles. The minimum absolute atomic E-state index is 0.100. The summed E-state index contributed by atoms with van der Waals surface area (Å²) in [6.07, 6.45) is 6.03. The molecule has 0 radical (unpaired) electrons. The first-order valence-electron chi connectivity index (χ1n) is 7.21. The van der Waals surface area contributed by atoms with Crippen LogP contribution in [-0.2, 0) is 0 Å². The van der Waals surface area contributed by atoms with E-state index in [4.69, 9.17) is 4.42 Å². The first-order chi connectivity index (χ1) is 10.3. The molecule has 4 rings (SSSR count). The highest BCUT2D eigenvalue weighted by Crippen LogP contribution is 2.24. The van der Waals surface area contributed by atoms with Crippen LogP contribution in [0.5, 0.6) is 0 Å². The second-order valence-electron chi connectivity index (χ2n) is 5.51. The van der Waals surface area contributed by atoms with Gasteiger partial charge in [-0.15, -0.1) is 0 Å². The van der Waals surface area contributed by atoms with Crippen LogP contribution in [0.1, 0.15) is 17.1 Å². The molecular weight excluding hydrogens is 268 g/mol. The SMILES string of the molecule is O=C(c1ncc(-c2cccnc2)o1)N1CCN2CCC1C2. The third-order valence-electron chi connectivity index (χ3n) is 4.24. The van der Waals surface area contributed by atoms with Gasteiger partial charge in [-0.1, -0.05) is 0 Å². The summed E-state index contributed by atoms with van der Waals surface area (Å²) < 4.78 is 5.64. The van der Waals surface area contributed by atoms with Gasteiger partial charge in [-0.2, -0.15) is 0 Å². The second kappa shape index (κ2) is 4.96.